The highest BCUT2D eigenvalue weighted by Gasteiger charge is 2.54. The van der Waals surface area contributed by atoms with Crippen LogP contribution in [0.2, 0.25) is 0 Å². The Kier molecular flexibility index (Phi) is 8.95. The van der Waals surface area contributed by atoms with Crippen molar-refractivity contribution in [2.75, 3.05) is 46.0 Å². The van der Waals surface area contributed by atoms with Gasteiger partial charge in [-0.25, -0.2) is 5.01 Å². The third-order valence-electron chi connectivity index (χ3n) is 12.9. The Morgan fingerprint density at radius 3 is 2.29 bits per heavy atom. The Hall–Kier alpha value is -0.600. The van der Waals surface area contributed by atoms with E-state index in [0.717, 1.165) is 49.2 Å². The van der Waals surface area contributed by atoms with Crippen LogP contribution in [0.3, 0.4) is 0 Å². The second-order valence-electron chi connectivity index (χ2n) is 15.4. The van der Waals surface area contributed by atoms with Gasteiger partial charge in [-0.05, 0) is 111 Å². The number of likely N-dealkylation sites (N-methyl/N-ethyl adjacent to an activating group) is 1. The molecule has 6 aliphatic rings. The molecule has 0 spiro atoms. The van der Waals surface area contributed by atoms with Crippen molar-refractivity contribution in [2.45, 2.75) is 109 Å². The van der Waals surface area contributed by atoms with Gasteiger partial charge < -0.3 is 5.32 Å². The fraction of sp³-hybridized carbons (Fsp3) is 0.969. The first kappa shape index (κ1) is 30.4. The first-order chi connectivity index (χ1) is 19.5. The van der Waals surface area contributed by atoms with E-state index in [1.54, 1.807) is 4.31 Å². The largest absolute Gasteiger partial charge is 0.312 e. The summed E-state index contributed by atoms with van der Waals surface area (Å²) in [5, 5.41) is 16.2. The highest BCUT2D eigenvalue weighted by molar-refractivity contribution is 7.94. The molecule has 232 valence electrons. The summed E-state index contributed by atoms with van der Waals surface area (Å²) in [6.07, 6.45) is 15.8. The predicted molar refractivity (Wildman–Crippen MR) is 165 cm³/mol. The predicted octanol–water partition coefficient (Wildman–Crippen LogP) is 4.23. The molecule has 0 aromatic rings. The molecule has 3 aliphatic carbocycles. The van der Waals surface area contributed by atoms with Crippen molar-refractivity contribution in [3.8, 4) is 6.07 Å². The number of fused-ring (bicyclic) bond motifs is 3. The second-order valence-corrected chi connectivity index (χ2v) is 17.5. The third kappa shape index (κ3) is 6.18. The molecular weight excluding hydrogens is 532 g/mol. The number of hydrogen-bond donors (Lipinski definition) is 3. The Balaban J connectivity index is 1.09. The molecule has 3 saturated carbocycles. The number of nitrogens with zero attached hydrogens (tertiary/aromatic N) is 4. The molecule has 41 heavy (non-hydrogen) atoms. The summed E-state index contributed by atoms with van der Waals surface area (Å²) in [6.45, 7) is 8.69. The van der Waals surface area contributed by atoms with Crippen molar-refractivity contribution in [2.24, 2.45) is 40.9 Å². The molecule has 3 saturated heterocycles. The number of nitriles is 1. The number of piperazine rings is 1. The van der Waals surface area contributed by atoms with E-state index >= 15 is 0 Å². The monoisotopic (exact) mass is 589 g/mol. The maximum Gasteiger partial charge on any atom is 0.288 e. The van der Waals surface area contributed by atoms with Gasteiger partial charge in [0.25, 0.3) is 10.4 Å². The summed E-state index contributed by atoms with van der Waals surface area (Å²) >= 11 is 0. The summed E-state index contributed by atoms with van der Waals surface area (Å²) < 4.78 is 23.9. The Bertz CT molecular complexity index is 997. The van der Waals surface area contributed by atoms with Crippen molar-refractivity contribution < 1.29 is 8.76 Å². The van der Waals surface area contributed by atoms with E-state index in [1.165, 1.54) is 76.9 Å². The number of rotatable bonds is 5. The molecule has 9 unspecified atom stereocenters. The Morgan fingerprint density at radius 1 is 0.927 bits per heavy atom. The van der Waals surface area contributed by atoms with Crippen molar-refractivity contribution in [1.82, 2.24) is 25.0 Å². The van der Waals surface area contributed by atoms with Gasteiger partial charge in [-0.3, -0.25) is 10.3 Å². The first-order valence-electron chi connectivity index (χ1n) is 16.9. The van der Waals surface area contributed by atoms with Crippen LogP contribution in [0, 0.1) is 52.3 Å². The van der Waals surface area contributed by atoms with Crippen molar-refractivity contribution in [1.29, 1.82) is 5.26 Å². The molecule has 3 N–H and O–H groups in total. The van der Waals surface area contributed by atoms with Gasteiger partial charge in [0.2, 0.25) is 0 Å². The van der Waals surface area contributed by atoms with Crippen LogP contribution in [0.25, 0.3) is 0 Å². The van der Waals surface area contributed by atoms with Gasteiger partial charge in [-0.1, -0.05) is 17.1 Å². The van der Waals surface area contributed by atoms with E-state index in [-0.39, 0.29) is 5.41 Å². The molecular formula is C32H57N6O2S+. The number of piperidine rings is 1. The molecule has 0 radical (unpaired) electrons. The Labute approximate surface area is 250 Å². The molecule has 6 fully saturated rings. The smallest absolute Gasteiger partial charge is 0.288 e. The van der Waals surface area contributed by atoms with Crippen LogP contribution in [0.15, 0.2) is 0 Å². The SMILES string of the molecule is CN1NC(C2CCC(C(C)(C)C#N)CC2)C2C3CC(C4CCCC(N5CCN([S+](C)(=O)O)CC5)C4)CCC3NCC21. The zero-order chi connectivity index (χ0) is 28.9. The van der Waals surface area contributed by atoms with E-state index in [9.17, 15) is 14.0 Å². The van der Waals surface area contributed by atoms with Crippen LogP contribution in [0.1, 0.15) is 84.5 Å². The van der Waals surface area contributed by atoms with Gasteiger partial charge in [0.15, 0.2) is 6.26 Å². The Morgan fingerprint density at radius 2 is 1.61 bits per heavy atom. The lowest BCUT2D eigenvalue weighted by molar-refractivity contribution is 0.0216. The molecule has 0 aromatic carbocycles. The molecule has 9 atom stereocenters. The van der Waals surface area contributed by atoms with Crippen molar-refractivity contribution >= 4 is 10.4 Å². The fourth-order valence-electron chi connectivity index (χ4n) is 10.4. The molecule has 3 heterocycles. The minimum Gasteiger partial charge on any atom is -0.312 e. The lowest BCUT2D eigenvalue weighted by Gasteiger charge is -2.51. The summed E-state index contributed by atoms with van der Waals surface area (Å²) in [5.74, 6) is 4.42. The number of nitrogens with one attached hydrogen (secondary N) is 2. The summed E-state index contributed by atoms with van der Waals surface area (Å²) in [5.41, 5.74) is 3.80. The number of hydrazine groups is 1. The van der Waals surface area contributed by atoms with Crippen molar-refractivity contribution in [3.05, 3.63) is 0 Å². The quantitative estimate of drug-likeness (QED) is 0.413. The van der Waals surface area contributed by atoms with Gasteiger partial charge in [0.1, 0.15) is 0 Å². The molecule has 0 bridgehead atoms. The van der Waals surface area contributed by atoms with E-state index in [4.69, 9.17) is 0 Å². The molecule has 0 amide bonds. The lowest BCUT2D eigenvalue weighted by Crippen LogP contribution is -2.59. The van der Waals surface area contributed by atoms with Crippen molar-refractivity contribution in [3.63, 3.8) is 0 Å². The average molecular weight is 590 g/mol. The van der Waals surface area contributed by atoms with Crippen LogP contribution < -0.4 is 10.7 Å². The van der Waals surface area contributed by atoms with Crippen LogP contribution in [0.4, 0.5) is 0 Å². The fourth-order valence-corrected chi connectivity index (χ4v) is 11.3. The molecule has 6 rings (SSSR count). The number of hydrogen-bond acceptors (Lipinski definition) is 6. The van der Waals surface area contributed by atoms with E-state index in [0.29, 0.717) is 43.2 Å². The van der Waals surface area contributed by atoms with Crippen LogP contribution in [0.5, 0.6) is 0 Å². The van der Waals surface area contributed by atoms with Gasteiger partial charge >= 0.3 is 0 Å². The molecule has 3 aliphatic heterocycles. The maximum absolute atomic E-state index is 12.1. The zero-order valence-corrected chi connectivity index (χ0v) is 27.0. The first-order valence-corrected chi connectivity index (χ1v) is 18.8. The van der Waals surface area contributed by atoms with Crippen LogP contribution in [-0.2, 0) is 14.6 Å². The van der Waals surface area contributed by atoms with Gasteiger partial charge in [0, 0.05) is 50.8 Å². The third-order valence-corrected chi connectivity index (χ3v) is 14.3. The van der Waals surface area contributed by atoms with Gasteiger partial charge in [-0.2, -0.15) is 9.81 Å². The standard InChI is InChI=1S/C32H56N6O2S/c1-32(2,21-33)25-11-8-22(9-12-25)31-30-27-19-24(10-13-28(27)34-20-29(30)36(3)35-31)23-6-5-7-26(18-23)37-14-16-38(17-15-37)41(4,39)40/h22-31,34-35H,5-20H2,1-4H3/p+1. The second kappa shape index (κ2) is 12.1. The molecule has 9 heteroatoms. The normalized spacial score (nSPS) is 44.9. The maximum atomic E-state index is 12.1. The summed E-state index contributed by atoms with van der Waals surface area (Å²) in [7, 11) is -0.543. The van der Waals surface area contributed by atoms with Crippen LogP contribution >= 0.6 is 0 Å². The van der Waals surface area contributed by atoms with Gasteiger partial charge in [-0.15, -0.1) is 0 Å². The van der Waals surface area contributed by atoms with E-state index in [2.05, 4.69) is 47.6 Å². The highest BCUT2D eigenvalue weighted by Crippen LogP contribution is 2.50. The molecule has 0 aromatic heterocycles. The highest BCUT2D eigenvalue weighted by atomic mass is 32.3. The summed E-state index contributed by atoms with van der Waals surface area (Å²) in [6, 6.07) is 5.09. The topological polar surface area (TPSA) is 94.9 Å². The molecule has 8 nitrogen and oxygen atoms in total. The lowest BCUT2D eigenvalue weighted by atomic mass is 9.59. The van der Waals surface area contributed by atoms with E-state index in [1.807, 2.05) is 0 Å². The zero-order valence-electron chi connectivity index (χ0n) is 26.1. The van der Waals surface area contributed by atoms with Gasteiger partial charge in [0.05, 0.1) is 24.6 Å². The van der Waals surface area contributed by atoms with Crippen LogP contribution in [-0.4, -0.2) is 89.0 Å². The average Bonchev–Trinajstić information content (AvgIpc) is 3.33. The minimum absolute atomic E-state index is 0.203. The summed E-state index contributed by atoms with van der Waals surface area (Å²) in [4.78, 5) is 2.65. The minimum atomic E-state index is -2.82. The van der Waals surface area contributed by atoms with E-state index < -0.39 is 10.4 Å².